The number of nitrogens with zero attached hydrogens (tertiary/aromatic N) is 3. The number of nitrogen functional groups attached to an aromatic ring is 1. The molecule has 0 aromatic carbocycles. The highest BCUT2D eigenvalue weighted by atomic mass is 32.1. The molecule has 0 aliphatic heterocycles. The van der Waals surface area contributed by atoms with Gasteiger partial charge in [-0.15, -0.1) is 0 Å². The molecule has 0 spiro atoms. The Balaban J connectivity index is 1.59. The topological polar surface area (TPSA) is 77.8 Å². The van der Waals surface area contributed by atoms with E-state index in [0.717, 1.165) is 23.4 Å². The summed E-state index contributed by atoms with van der Waals surface area (Å²) in [5.41, 5.74) is 8.91. The van der Waals surface area contributed by atoms with Crippen molar-refractivity contribution in [1.82, 2.24) is 15.1 Å². The maximum absolute atomic E-state index is 5.67. The van der Waals surface area contributed by atoms with Gasteiger partial charge in [0.1, 0.15) is 5.82 Å². The van der Waals surface area contributed by atoms with Crippen LogP contribution in [-0.2, 0) is 0 Å². The Morgan fingerprint density at radius 1 is 1.38 bits per heavy atom. The minimum atomic E-state index is 0.350. The lowest BCUT2D eigenvalue weighted by atomic mass is 10.1. The molecule has 5 nitrogen and oxygen atoms in total. The summed E-state index contributed by atoms with van der Waals surface area (Å²) in [6.45, 7) is 1.97. The van der Waals surface area contributed by atoms with Crippen LogP contribution in [0.3, 0.4) is 0 Å². The van der Waals surface area contributed by atoms with Crippen LogP contribution >= 0.6 is 11.3 Å². The number of thiophene rings is 1. The Labute approximate surface area is 125 Å². The summed E-state index contributed by atoms with van der Waals surface area (Å²) in [5.74, 6) is 2.68. The number of anilines is 1. The molecule has 0 amide bonds. The number of rotatable bonds is 3. The molecule has 21 heavy (non-hydrogen) atoms. The molecule has 1 aliphatic carbocycles. The molecule has 1 aliphatic rings. The first-order valence-corrected chi connectivity index (χ1v) is 7.75. The van der Waals surface area contributed by atoms with E-state index < -0.39 is 0 Å². The fourth-order valence-corrected chi connectivity index (χ4v) is 3.35. The van der Waals surface area contributed by atoms with Crippen LogP contribution in [0.1, 0.15) is 35.3 Å². The molecular formula is C15H14N4OS. The SMILES string of the molecule is Cc1cc(N)ncc1-c1noc([C@@H]2C[C@H]2c2ccsc2)n1. The van der Waals surface area contributed by atoms with Gasteiger partial charge in [0.2, 0.25) is 11.7 Å². The molecule has 0 radical (unpaired) electrons. The van der Waals surface area contributed by atoms with Crippen molar-refractivity contribution < 1.29 is 4.52 Å². The van der Waals surface area contributed by atoms with E-state index in [1.165, 1.54) is 5.56 Å². The molecule has 6 heteroatoms. The predicted molar refractivity (Wildman–Crippen MR) is 81.1 cm³/mol. The van der Waals surface area contributed by atoms with Crippen molar-refractivity contribution in [3.8, 4) is 11.4 Å². The van der Waals surface area contributed by atoms with Gasteiger partial charge in [-0.2, -0.15) is 16.3 Å². The normalized spacial score (nSPS) is 20.6. The van der Waals surface area contributed by atoms with Crippen molar-refractivity contribution in [3.05, 3.63) is 46.1 Å². The molecule has 3 aromatic rings. The van der Waals surface area contributed by atoms with Crippen LogP contribution in [0.15, 0.2) is 33.6 Å². The van der Waals surface area contributed by atoms with Gasteiger partial charge in [0.05, 0.1) is 0 Å². The molecular weight excluding hydrogens is 284 g/mol. The van der Waals surface area contributed by atoms with Crippen LogP contribution < -0.4 is 5.73 Å². The Morgan fingerprint density at radius 2 is 2.29 bits per heavy atom. The summed E-state index contributed by atoms with van der Waals surface area (Å²) in [6, 6.07) is 3.98. The second kappa shape index (κ2) is 4.66. The van der Waals surface area contributed by atoms with E-state index in [2.05, 4.69) is 32.0 Å². The highest BCUT2D eigenvalue weighted by molar-refractivity contribution is 7.08. The molecule has 3 aromatic heterocycles. The molecule has 0 unspecified atom stereocenters. The van der Waals surface area contributed by atoms with Gasteiger partial charge in [0.15, 0.2) is 0 Å². The van der Waals surface area contributed by atoms with Crippen molar-refractivity contribution >= 4 is 17.2 Å². The first-order valence-electron chi connectivity index (χ1n) is 6.80. The van der Waals surface area contributed by atoms with Gasteiger partial charge in [0, 0.05) is 17.7 Å². The zero-order chi connectivity index (χ0) is 14.4. The average Bonchev–Trinajstić information content (AvgIpc) is 2.92. The minimum absolute atomic E-state index is 0.350. The number of nitrogens with two attached hydrogens (primary N) is 1. The summed E-state index contributed by atoms with van der Waals surface area (Å²) in [5, 5.41) is 8.38. The molecule has 1 saturated carbocycles. The van der Waals surface area contributed by atoms with Gasteiger partial charge in [-0.3, -0.25) is 0 Å². The van der Waals surface area contributed by atoms with E-state index in [4.69, 9.17) is 10.3 Å². The van der Waals surface area contributed by atoms with Crippen LogP contribution in [-0.4, -0.2) is 15.1 Å². The van der Waals surface area contributed by atoms with Crippen LogP contribution in [0.4, 0.5) is 5.82 Å². The number of hydrogen-bond acceptors (Lipinski definition) is 6. The third-order valence-corrected chi connectivity index (χ3v) is 4.60. The fourth-order valence-electron chi connectivity index (χ4n) is 2.63. The lowest BCUT2D eigenvalue weighted by Crippen LogP contribution is -1.93. The summed E-state index contributed by atoms with van der Waals surface area (Å²) in [7, 11) is 0. The van der Waals surface area contributed by atoms with Crippen molar-refractivity contribution in [2.75, 3.05) is 5.73 Å². The Kier molecular flexibility index (Phi) is 2.78. The van der Waals surface area contributed by atoms with E-state index in [1.807, 2.05) is 13.0 Å². The highest BCUT2D eigenvalue weighted by Gasteiger charge is 2.44. The Bertz CT molecular complexity index is 781. The minimum Gasteiger partial charge on any atom is -0.384 e. The average molecular weight is 298 g/mol. The van der Waals surface area contributed by atoms with Gasteiger partial charge < -0.3 is 10.3 Å². The first kappa shape index (κ1) is 12.5. The molecule has 3 heterocycles. The third-order valence-electron chi connectivity index (χ3n) is 3.89. The van der Waals surface area contributed by atoms with Crippen LogP contribution in [0, 0.1) is 6.92 Å². The summed E-state index contributed by atoms with van der Waals surface area (Å²) in [6.07, 6.45) is 2.78. The van der Waals surface area contributed by atoms with Crippen molar-refractivity contribution in [2.45, 2.75) is 25.2 Å². The second-order valence-corrected chi connectivity index (χ2v) is 6.17. The van der Waals surface area contributed by atoms with Crippen molar-refractivity contribution in [2.24, 2.45) is 0 Å². The predicted octanol–water partition coefficient (Wildman–Crippen LogP) is 3.35. The zero-order valence-corrected chi connectivity index (χ0v) is 12.3. The summed E-state index contributed by atoms with van der Waals surface area (Å²) >= 11 is 1.72. The third kappa shape index (κ3) is 2.21. The largest absolute Gasteiger partial charge is 0.384 e. The number of aromatic nitrogens is 3. The lowest BCUT2D eigenvalue weighted by molar-refractivity contribution is 0.378. The fraction of sp³-hybridized carbons (Fsp3) is 0.267. The quantitative estimate of drug-likeness (QED) is 0.802. The van der Waals surface area contributed by atoms with Crippen molar-refractivity contribution in [3.63, 3.8) is 0 Å². The molecule has 1 fully saturated rings. The highest BCUT2D eigenvalue weighted by Crippen LogP contribution is 2.54. The lowest BCUT2D eigenvalue weighted by Gasteiger charge is -2.00. The van der Waals surface area contributed by atoms with Gasteiger partial charge in [-0.05, 0) is 53.3 Å². The monoisotopic (exact) mass is 298 g/mol. The number of hydrogen-bond donors (Lipinski definition) is 1. The summed E-state index contributed by atoms with van der Waals surface area (Å²) < 4.78 is 5.44. The van der Waals surface area contributed by atoms with E-state index in [-0.39, 0.29) is 0 Å². The van der Waals surface area contributed by atoms with Gasteiger partial charge in [0.25, 0.3) is 0 Å². The Morgan fingerprint density at radius 3 is 3.05 bits per heavy atom. The number of pyridine rings is 1. The standard InChI is InChI=1S/C15H14N4OS/c1-8-4-13(16)17-6-12(8)14-18-15(20-19-14)11-5-10(11)9-2-3-21-7-9/h2-4,6-7,10-11H,5H2,1H3,(H2,16,17)/t10-,11+/m0/s1. The first-order chi connectivity index (χ1) is 10.2. The summed E-state index contributed by atoms with van der Waals surface area (Å²) in [4.78, 5) is 8.64. The molecule has 2 atom stereocenters. The molecule has 0 bridgehead atoms. The van der Waals surface area contributed by atoms with E-state index in [9.17, 15) is 0 Å². The van der Waals surface area contributed by atoms with Crippen LogP contribution in [0.2, 0.25) is 0 Å². The molecule has 4 rings (SSSR count). The van der Waals surface area contributed by atoms with E-state index in [0.29, 0.717) is 23.5 Å². The van der Waals surface area contributed by atoms with Crippen molar-refractivity contribution in [1.29, 1.82) is 0 Å². The van der Waals surface area contributed by atoms with E-state index >= 15 is 0 Å². The van der Waals surface area contributed by atoms with Crippen LogP contribution in [0.25, 0.3) is 11.4 Å². The Hall–Kier alpha value is -2.21. The second-order valence-electron chi connectivity index (χ2n) is 5.39. The smallest absolute Gasteiger partial charge is 0.230 e. The van der Waals surface area contributed by atoms with Gasteiger partial charge >= 0.3 is 0 Å². The van der Waals surface area contributed by atoms with E-state index in [1.54, 1.807) is 17.5 Å². The molecule has 0 saturated heterocycles. The zero-order valence-electron chi connectivity index (χ0n) is 11.5. The van der Waals surface area contributed by atoms with Gasteiger partial charge in [-0.1, -0.05) is 5.16 Å². The maximum atomic E-state index is 5.67. The molecule has 106 valence electrons. The van der Waals surface area contributed by atoms with Crippen LogP contribution in [0.5, 0.6) is 0 Å². The number of aryl methyl sites for hydroxylation is 1. The molecule has 2 N–H and O–H groups in total. The van der Waals surface area contributed by atoms with Gasteiger partial charge in [-0.25, -0.2) is 4.98 Å². The maximum Gasteiger partial charge on any atom is 0.230 e.